The van der Waals surface area contributed by atoms with Gasteiger partial charge in [-0.05, 0) is 46.8 Å². The Labute approximate surface area is 151 Å². The molecule has 0 aliphatic carbocycles. The lowest BCUT2D eigenvalue weighted by molar-refractivity contribution is 0.200. The molecular formula is C17H21N7O2. The van der Waals surface area contributed by atoms with Crippen molar-refractivity contribution in [2.24, 2.45) is 0 Å². The Morgan fingerprint density at radius 3 is 2.50 bits per heavy atom. The molecular weight excluding hydrogens is 334 g/mol. The molecule has 1 aromatic carbocycles. The molecule has 1 saturated heterocycles. The van der Waals surface area contributed by atoms with Gasteiger partial charge in [-0.1, -0.05) is 0 Å². The summed E-state index contributed by atoms with van der Waals surface area (Å²) in [6.07, 6.45) is 0. The molecule has 136 valence electrons. The lowest BCUT2D eigenvalue weighted by Gasteiger charge is -2.35. The van der Waals surface area contributed by atoms with Crippen molar-refractivity contribution in [3.63, 3.8) is 0 Å². The van der Waals surface area contributed by atoms with Crippen molar-refractivity contribution >= 4 is 11.5 Å². The highest BCUT2D eigenvalue weighted by Crippen LogP contribution is 2.17. The number of benzene rings is 1. The summed E-state index contributed by atoms with van der Waals surface area (Å²) in [5.41, 5.74) is 0.656. The third-order valence-corrected chi connectivity index (χ3v) is 4.49. The van der Waals surface area contributed by atoms with Crippen LogP contribution in [0, 0.1) is 0 Å². The fourth-order valence-electron chi connectivity index (χ4n) is 2.97. The summed E-state index contributed by atoms with van der Waals surface area (Å²) >= 11 is 0. The topological polar surface area (TPSA) is 80.9 Å². The molecule has 0 spiro atoms. The second kappa shape index (κ2) is 7.52. The molecule has 1 aliphatic rings. The van der Waals surface area contributed by atoms with E-state index < -0.39 is 0 Å². The molecule has 0 bridgehead atoms. The molecule has 9 nitrogen and oxygen atoms in total. The van der Waals surface area contributed by atoms with Gasteiger partial charge < -0.3 is 14.4 Å². The number of hydrogen-bond acceptors (Lipinski definition) is 8. The van der Waals surface area contributed by atoms with Crippen LogP contribution in [0.5, 0.6) is 11.5 Å². The van der Waals surface area contributed by atoms with Crippen LogP contribution in [0.3, 0.4) is 0 Å². The molecule has 9 heteroatoms. The van der Waals surface area contributed by atoms with Gasteiger partial charge in [0.15, 0.2) is 11.5 Å². The average Bonchev–Trinajstić information content (AvgIpc) is 3.17. The quantitative estimate of drug-likeness (QED) is 0.640. The van der Waals surface area contributed by atoms with Crippen molar-refractivity contribution in [3.05, 3.63) is 36.4 Å². The van der Waals surface area contributed by atoms with Crippen LogP contribution in [0.2, 0.25) is 0 Å². The molecule has 0 radical (unpaired) electrons. The minimum atomic E-state index is 0.656. The Kier molecular flexibility index (Phi) is 4.78. The molecule has 3 aromatic rings. The van der Waals surface area contributed by atoms with Gasteiger partial charge in [0, 0.05) is 32.7 Å². The second-order valence-corrected chi connectivity index (χ2v) is 6.07. The maximum absolute atomic E-state index is 5.81. The Morgan fingerprint density at radius 2 is 1.73 bits per heavy atom. The van der Waals surface area contributed by atoms with Crippen LogP contribution >= 0.6 is 0 Å². The summed E-state index contributed by atoms with van der Waals surface area (Å²) in [5, 5.41) is 15.8. The number of aromatic nitrogens is 5. The highest BCUT2D eigenvalue weighted by Gasteiger charge is 2.18. The SMILES string of the molecule is COc1ccc(OCCN2CCN(c3ccc4nnnn4n3)CC2)cc1. The number of hydrogen-bond donors (Lipinski definition) is 0. The summed E-state index contributed by atoms with van der Waals surface area (Å²) in [4.78, 5) is 4.65. The minimum Gasteiger partial charge on any atom is -0.497 e. The van der Waals surface area contributed by atoms with Crippen molar-refractivity contribution in [2.75, 3.05) is 51.3 Å². The second-order valence-electron chi connectivity index (χ2n) is 6.07. The highest BCUT2D eigenvalue weighted by molar-refractivity contribution is 5.44. The van der Waals surface area contributed by atoms with Crippen LogP contribution in [0.25, 0.3) is 5.65 Å². The lowest BCUT2D eigenvalue weighted by Crippen LogP contribution is -2.47. The molecule has 3 heterocycles. The molecule has 0 unspecified atom stereocenters. The first-order chi connectivity index (χ1) is 12.8. The molecule has 0 saturated carbocycles. The van der Waals surface area contributed by atoms with E-state index in [4.69, 9.17) is 9.47 Å². The van der Waals surface area contributed by atoms with Crippen LogP contribution in [-0.2, 0) is 0 Å². The summed E-state index contributed by atoms with van der Waals surface area (Å²) in [7, 11) is 1.66. The van der Waals surface area contributed by atoms with Gasteiger partial charge in [-0.3, -0.25) is 4.90 Å². The van der Waals surface area contributed by atoms with Gasteiger partial charge in [0.05, 0.1) is 7.11 Å². The van der Waals surface area contributed by atoms with Crippen molar-refractivity contribution < 1.29 is 9.47 Å². The monoisotopic (exact) mass is 355 g/mol. The van der Waals surface area contributed by atoms with E-state index in [0.717, 1.165) is 50.0 Å². The van der Waals surface area contributed by atoms with E-state index in [1.165, 1.54) is 4.63 Å². The van der Waals surface area contributed by atoms with Crippen molar-refractivity contribution in [1.82, 2.24) is 30.2 Å². The molecule has 0 amide bonds. The van der Waals surface area contributed by atoms with Gasteiger partial charge in [-0.15, -0.1) is 14.8 Å². The molecule has 2 aromatic heterocycles. The summed E-state index contributed by atoms with van der Waals surface area (Å²) in [6, 6.07) is 11.5. The van der Waals surface area contributed by atoms with Gasteiger partial charge in [-0.25, -0.2) is 0 Å². The smallest absolute Gasteiger partial charge is 0.200 e. The molecule has 1 fully saturated rings. The number of ether oxygens (including phenoxy) is 2. The van der Waals surface area contributed by atoms with E-state index in [0.29, 0.717) is 12.3 Å². The first kappa shape index (κ1) is 16.5. The third kappa shape index (κ3) is 3.67. The fourth-order valence-corrected chi connectivity index (χ4v) is 2.97. The third-order valence-electron chi connectivity index (χ3n) is 4.49. The van der Waals surface area contributed by atoms with Gasteiger partial charge in [0.25, 0.3) is 0 Å². The van der Waals surface area contributed by atoms with Crippen LogP contribution in [0.15, 0.2) is 36.4 Å². The number of tetrazole rings is 1. The van der Waals surface area contributed by atoms with Gasteiger partial charge in [0.1, 0.15) is 18.1 Å². The fraction of sp³-hybridized carbons (Fsp3) is 0.412. The first-order valence-electron chi connectivity index (χ1n) is 8.61. The maximum Gasteiger partial charge on any atom is 0.200 e. The highest BCUT2D eigenvalue weighted by atomic mass is 16.5. The van der Waals surface area contributed by atoms with E-state index in [-0.39, 0.29) is 0 Å². The Hall–Kier alpha value is -2.94. The van der Waals surface area contributed by atoms with E-state index in [1.54, 1.807) is 7.11 Å². The molecule has 4 rings (SSSR count). The standard InChI is InChI=1S/C17H21N7O2/c1-25-14-2-4-15(5-3-14)26-13-12-22-8-10-23(11-9-22)17-7-6-16-18-20-21-24(16)19-17/h2-7H,8-13H2,1H3. The van der Waals surface area contributed by atoms with E-state index in [2.05, 4.69) is 30.4 Å². The van der Waals surface area contributed by atoms with Crippen LogP contribution < -0.4 is 14.4 Å². The van der Waals surface area contributed by atoms with Crippen LogP contribution in [0.4, 0.5) is 5.82 Å². The zero-order valence-electron chi connectivity index (χ0n) is 14.7. The van der Waals surface area contributed by atoms with Crippen molar-refractivity contribution in [3.8, 4) is 11.5 Å². The number of rotatable bonds is 6. The Balaban J connectivity index is 1.24. The van der Waals surface area contributed by atoms with Crippen molar-refractivity contribution in [2.45, 2.75) is 0 Å². The molecule has 26 heavy (non-hydrogen) atoms. The lowest BCUT2D eigenvalue weighted by atomic mass is 10.3. The van der Waals surface area contributed by atoms with Crippen LogP contribution in [0.1, 0.15) is 0 Å². The number of nitrogens with zero attached hydrogens (tertiary/aromatic N) is 7. The van der Waals surface area contributed by atoms with Gasteiger partial charge in [0.2, 0.25) is 0 Å². The molecule has 0 N–H and O–H groups in total. The number of piperazine rings is 1. The first-order valence-corrected chi connectivity index (χ1v) is 8.61. The number of methoxy groups -OCH3 is 1. The Bertz CT molecular complexity index is 844. The minimum absolute atomic E-state index is 0.656. The summed E-state index contributed by atoms with van der Waals surface area (Å²) in [6.45, 7) is 5.36. The maximum atomic E-state index is 5.81. The van der Waals surface area contributed by atoms with Gasteiger partial charge >= 0.3 is 0 Å². The normalized spacial score (nSPS) is 15.3. The zero-order valence-corrected chi connectivity index (χ0v) is 14.7. The molecule has 0 atom stereocenters. The summed E-state index contributed by atoms with van der Waals surface area (Å²) in [5.74, 6) is 2.60. The predicted molar refractivity (Wildman–Crippen MR) is 95.7 cm³/mol. The predicted octanol–water partition coefficient (Wildman–Crippen LogP) is 0.729. The van der Waals surface area contributed by atoms with E-state index in [1.807, 2.05) is 36.4 Å². The average molecular weight is 355 g/mol. The van der Waals surface area contributed by atoms with Gasteiger partial charge in [-0.2, -0.15) is 0 Å². The Morgan fingerprint density at radius 1 is 0.962 bits per heavy atom. The van der Waals surface area contributed by atoms with E-state index in [9.17, 15) is 0 Å². The zero-order chi connectivity index (χ0) is 17.8. The number of fused-ring (bicyclic) bond motifs is 1. The number of anilines is 1. The largest absolute Gasteiger partial charge is 0.497 e. The molecule has 1 aliphatic heterocycles. The van der Waals surface area contributed by atoms with E-state index >= 15 is 0 Å². The van der Waals surface area contributed by atoms with Crippen molar-refractivity contribution in [1.29, 1.82) is 0 Å². The summed E-state index contributed by atoms with van der Waals surface area (Å²) < 4.78 is 12.4. The van der Waals surface area contributed by atoms with Crippen LogP contribution in [-0.4, -0.2) is 76.6 Å².